The highest BCUT2D eigenvalue weighted by Gasteiger charge is 2.40. The van der Waals surface area contributed by atoms with Crippen LogP contribution in [0.4, 0.5) is 0 Å². The summed E-state index contributed by atoms with van der Waals surface area (Å²) in [5.41, 5.74) is 0.154. The van der Waals surface area contributed by atoms with Crippen LogP contribution in [0.15, 0.2) is 58.9 Å². The molecule has 0 fully saturated rings. The zero-order valence-electron chi connectivity index (χ0n) is 14.7. The maximum atomic E-state index is 13.3. The Labute approximate surface area is 156 Å². The minimum absolute atomic E-state index is 0.0848. The summed E-state index contributed by atoms with van der Waals surface area (Å²) in [4.78, 5) is 17.0. The molecule has 0 aliphatic carbocycles. The van der Waals surface area contributed by atoms with E-state index in [0.717, 1.165) is 16.0 Å². The van der Waals surface area contributed by atoms with Crippen molar-refractivity contribution in [1.82, 2.24) is 4.98 Å². The normalized spacial score (nSPS) is 13.5. The Morgan fingerprint density at radius 3 is 2.27 bits per heavy atom. The van der Waals surface area contributed by atoms with Gasteiger partial charge in [0.05, 0.1) is 10.2 Å². The predicted molar refractivity (Wildman–Crippen MR) is 102 cm³/mol. The number of hydrogen-bond acceptors (Lipinski definition) is 6. The number of nitrogens with zero attached hydrogens (tertiary/aromatic N) is 1. The molecule has 26 heavy (non-hydrogen) atoms. The van der Waals surface area contributed by atoms with Gasteiger partial charge in [-0.25, -0.2) is 13.4 Å². The van der Waals surface area contributed by atoms with Crippen LogP contribution in [0.3, 0.4) is 0 Å². The number of esters is 1. The molecule has 0 aliphatic heterocycles. The lowest BCUT2D eigenvalue weighted by Crippen LogP contribution is -2.31. The van der Waals surface area contributed by atoms with Crippen LogP contribution in [0.1, 0.15) is 31.6 Å². The molecule has 2 aromatic carbocycles. The molecule has 136 valence electrons. The molecule has 0 bridgehead atoms. The van der Waals surface area contributed by atoms with E-state index >= 15 is 0 Å². The van der Waals surface area contributed by atoms with Gasteiger partial charge < -0.3 is 4.74 Å². The Morgan fingerprint density at radius 2 is 1.65 bits per heavy atom. The Bertz CT molecular complexity index is 1000. The summed E-state index contributed by atoms with van der Waals surface area (Å²) in [7, 11) is -4.05. The summed E-state index contributed by atoms with van der Waals surface area (Å²) in [6.07, 6.45) is 0. The summed E-state index contributed by atoms with van der Waals surface area (Å²) >= 11 is 1.06. The van der Waals surface area contributed by atoms with E-state index in [1.807, 2.05) is 6.07 Å². The van der Waals surface area contributed by atoms with Gasteiger partial charge in [-0.1, -0.05) is 42.5 Å². The molecule has 3 rings (SSSR count). The van der Waals surface area contributed by atoms with Gasteiger partial charge >= 0.3 is 5.97 Å². The fourth-order valence-corrected chi connectivity index (χ4v) is 5.46. The molecule has 0 radical (unpaired) electrons. The van der Waals surface area contributed by atoms with Crippen LogP contribution in [0.5, 0.6) is 0 Å². The average Bonchev–Trinajstić information content (AvgIpc) is 2.99. The molecule has 5 nitrogen and oxygen atoms in total. The first kappa shape index (κ1) is 18.5. The first-order valence-electron chi connectivity index (χ1n) is 8.06. The van der Waals surface area contributed by atoms with Crippen molar-refractivity contribution in [2.24, 2.45) is 0 Å². The standard InChI is InChI=1S/C19H19NO4S2/c1-19(2,3)24-17(21)16(13-9-5-4-6-10-13)26(22,23)18-20-14-11-7-8-12-15(14)25-18/h4-12,16H,1-3H3. The van der Waals surface area contributed by atoms with Gasteiger partial charge in [0.25, 0.3) is 0 Å². The lowest BCUT2D eigenvalue weighted by atomic mass is 10.1. The Balaban J connectivity index is 2.12. The number of carbonyl (C=O) groups excluding carboxylic acids is 1. The minimum atomic E-state index is -4.05. The molecule has 1 atom stereocenters. The molecule has 0 amide bonds. The molecule has 1 aromatic heterocycles. The number of sulfone groups is 1. The quantitative estimate of drug-likeness (QED) is 0.627. The number of aromatic nitrogens is 1. The van der Waals surface area contributed by atoms with Gasteiger partial charge in [0.15, 0.2) is 5.25 Å². The van der Waals surface area contributed by atoms with Gasteiger partial charge in [-0.2, -0.15) is 0 Å². The topological polar surface area (TPSA) is 73.3 Å². The second-order valence-electron chi connectivity index (χ2n) is 6.82. The van der Waals surface area contributed by atoms with E-state index in [2.05, 4.69) is 4.98 Å². The van der Waals surface area contributed by atoms with Crippen LogP contribution in [-0.4, -0.2) is 25.0 Å². The summed E-state index contributed by atoms with van der Waals surface area (Å²) in [5, 5.41) is -1.46. The van der Waals surface area contributed by atoms with Gasteiger partial charge in [0.1, 0.15) is 5.60 Å². The van der Waals surface area contributed by atoms with E-state index in [1.54, 1.807) is 69.3 Å². The second kappa shape index (κ2) is 6.81. The fraction of sp³-hybridized carbons (Fsp3) is 0.263. The third-order valence-corrected chi connectivity index (χ3v) is 6.99. The molecular weight excluding hydrogens is 370 g/mol. The van der Waals surface area contributed by atoms with E-state index in [0.29, 0.717) is 11.1 Å². The van der Waals surface area contributed by atoms with Gasteiger partial charge in [-0.05, 0) is 38.5 Å². The first-order chi connectivity index (χ1) is 12.2. The number of para-hydroxylation sites is 1. The average molecular weight is 389 g/mol. The number of fused-ring (bicyclic) bond motifs is 1. The maximum Gasteiger partial charge on any atom is 0.329 e. The minimum Gasteiger partial charge on any atom is -0.459 e. The number of thiazole rings is 1. The summed E-state index contributed by atoms with van der Waals surface area (Å²) in [6, 6.07) is 15.5. The Morgan fingerprint density at radius 1 is 1.04 bits per heavy atom. The van der Waals surface area contributed by atoms with Crippen molar-refractivity contribution < 1.29 is 17.9 Å². The fourth-order valence-electron chi connectivity index (χ4n) is 2.50. The molecule has 0 saturated carbocycles. The molecule has 1 unspecified atom stereocenters. The number of rotatable bonds is 4. The van der Waals surface area contributed by atoms with Crippen molar-refractivity contribution >= 4 is 37.4 Å². The van der Waals surface area contributed by atoms with Crippen molar-refractivity contribution in [3.63, 3.8) is 0 Å². The number of hydrogen-bond donors (Lipinski definition) is 0. The molecule has 0 N–H and O–H groups in total. The van der Waals surface area contributed by atoms with Gasteiger partial charge in [-0.3, -0.25) is 4.79 Å². The van der Waals surface area contributed by atoms with Crippen LogP contribution in [0, 0.1) is 0 Å². The lowest BCUT2D eigenvalue weighted by Gasteiger charge is -2.23. The molecule has 0 spiro atoms. The van der Waals surface area contributed by atoms with Crippen molar-refractivity contribution in [2.75, 3.05) is 0 Å². The monoisotopic (exact) mass is 389 g/mol. The zero-order valence-corrected chi connectivity index (χ0v) is 16.3. The number of carbonyl (C=O) groups is 1. The molecule has 3 aromatic rings. The third kappa shape index (κ3) is 3.78. The Hall–Kier alpha value is -2.25. The summed E-state index contributed by atoms with van der Waals surface area (Å²) in [5.74, 6) is -0.803. The van der Waals surface area contributed by atoms with Crippen LogP contribution in [0.2, 0.25) is 0 Å². The van der Waals surface area contributed by atoms with E-state index in [9.17, 15) is 13.2 Å². The predicted octanol–water partition coefficient (Wildman–Crippen LogP) is 4.15. The van der Waals surface area contributed by atoms with Crippen molar-refractivity contribution in [3.8, 4) is 0 Å². The van der Waals surface area contributed by atoms with E-state index in [1.165, 1.54) is 0 Å². The van der Waals surface area contributed by atoms with Crippen LogP contribution in [-0.2, 0) is 19.4 Å². The van der Waals surface area contributed by atoms with Gasteiger partial charge in [0.2, 0.25) is 14.2 Å². The van der Waals surface area contributed by atoms with E-state index in [-0.39, 0.29) is 4.34 Å². The lowest BCUT2D eigenvalue weighted by molar-refractivity contribution is -0.154. The van der Waals surface area contributed by atoms with Crippen molar-refractivity contribution in [1.29, 1.82) is 0 Å². The zero-order chi connectivity index (χ0) is 18.9. The smallest absolute Gasteiger partial charge is 0.329 e. The number of benzene rings is 2. The van der Waals surface area contributed by atoms with Gasteiger partial charge in [0, 0.05) is 0 Å². The summed E-state index contributed by atoms with van der Waals surface area (Å²) < 4.78 is 32.6. The maximum absolute atomic E-state index is 13.3. The molecule has 1 heterocycles. The molecular formula is C19H19NO4S2. The molecule has 0 saturated heterocycles. The Kier molecular flexibility index (Phi) is 4.86. The molecule has 0 aliphatic rings. The van der Waals surface area contributed by atoms with Crippen molar-refractivity contribution in [2.45, 2.75) is 36.0 Å². The van der Waals surface area contributed by atoms with Crippen LogP contribution in [0.25, 0.3) is 10.2 Å². The summed E-state index contributed by atoms with van der Waals surface area (Å²) in [6.45, 7) is 5.12. The highest BCUT2D eigenvalue weighted by Crippen LogP contribution is 2.35. The van der Waals surface area contributed by atoms with E-state index < -0.39 is 26.7 Å². The third-order valence-electron chi connectivity index (χ3n) is 3.55. The van der Waals surface area contributed by atoms with Crippen LogP contribution < -0.4 is 0 Å². The molecule has 7 heteroatoms. The highest BCUT2D eigenvalue weighted by molar-refractivity contribution is 7.94. The highest BCUT2D eigenvalue weighted by atomic mass is 32.2. The van der Waals surface area contributed by atoms with Crippen LogP contribution >= 0.6 is 11.3 Å². The first-order valence-corrected chi connectivity index (χ1v) is 10.4. The van der Waals surface area contributed by atoms with Gasteiger partial charge in [-0.15, -0.1) is 11.3 Å². The van der Waals surface area contributed by atoms with E-state index in [4.69, 9.17) is 4.74 Å². The number of ether oxygens (including phenoxy) is 1. The largest absolute Gasteiger partial charge is 0.459 e. The SMILES string of the molecule is CC(C)(C)OC(=O)C(c1ccccc1)S(=O)(=O)c1nc2ccccc2s1. The van der Waals surface area contributed by atoms with Crippen molar-refractivity contribution in [3.05, 3.63) is 60.2 Å². The second-order valence-corrected chi connectivity index (χ2v) is 10.1.